The topological polar surface area (TPSA) is 98.0 Å². The summed E-state index contributed by atoms with van der Waals surface area (Å²) in [4.78, 5) is 33.8. The molecule has 2 aliphatic heterocycles. The fourth-order valence-electron chi connectivity index (χ4n) is 4.68. The van der Waals surface area contributed by atoms with E-state index >= 15 is 0 Å². The normalized spacial score (nSPS) is 23.1. The minimum absolute atomic E-state index is 0.0951. The van der Waals surface area contributed by atoms with Gasteiger partial charge in [-0.05, 0) is 64.0 Å². The molecule has 1 aromatic heterocycles. The molecule has 3 aliphatic rings. The van der Waals surface area contributed by atoms with E-state index in [2.05, 4.69) is 9.88 Å². The van der Waals surface area contributed by atoms with E-state index in [9.17, 15) is 9.59 Å². The lowest BCUT2D eigenvalue weighted by atomic mass is 9.79. The Kier molecular flexibility index (Phi) is 6.34. The van der Waals surface area contributed by atoms with E-state index in [-0.39, 0.29) is 18.0 Å². The Morgan fingerprint density at radius 3 is 2.50 bits per heavy atom. The number of ether oxygens (including phenoxy) is 2. The summed E-state index contributed by atoms with van der Waals surface area (Å²) in [7, 11) is 0. The Morgan fingerprint density at radius 2 is 2.00 bits per heavy atom. The molecular formula is C24H36N4O4. The maximum atomic E-state index is 13.0. The van der Waals surface area contributed by atoms with Crippen molar-refractivity contribution in [3.63, 3.8) is 0 Å². The quantitative estimate of drug-likeness (QED) is 0.725. The number of rotatable bonds is 6. The van der Waals surface area contributed by atoms with Crippen molar-refractivity contribution in [1.82, 2.24) is 9.88 Å². The van der Waals surface area contributed by atoms with Crippen molar-refractivity contribution in [2.24, 2.45) is 11.7 Å². The van der Waals surface area contributed by atoms with Crippen molar-refractivity contribution in [2.45, 2.75) is 69.9 Å². The SMILES string of the molecule is CC(C)(C)OC(=O)N(CC1CCC1)[C@@H]1CCCN(c2ccc(C3(C(N)=O)COC3)cn2)C1. The van der Waals surface area contributed by atoms with Crippen LogP contribution in [0.2, 0.25) is 0 Å². The predicted octanol–water partition coefficient (Wildman–Crippen LogP) is 2.84. The lowest BCUT2D eigenvalue weighted by Gasteiger charge is -2.43. The summed E-state index contributed by atoms with van der Waals surface area (Å²) in [5.41, 5.74) is 5.15. The number of anilines is 1. The molecule has 0 bridgehead atoms. The second-order valence-electron chi connectivity index (χ2n) is 10.5. The van der Waals surface area contributed by atoms with Crippen LogP contribution in [0.3, 0.4) is 0 Å². The number of piperidine rings is 1. The van der Waals surface area contributed by atoms with Crippen molar-refractivity contribution in [2.75, 3.05) is 37.7 Å². The van der Waals surface area contributed by atoms with Gasteiger partial charge in [0.25, 0.3) is 0 Å². The molecule has 2 amide bonds. The molecule has 8 nitrogen and oxygen atoms in total. The molecule has 0 aromatic carbocycles. The highest BCUT2D eigenvalue weighted by molar-refractivity contribution is 5.88. The van der Waals surface area contributed by atoms with Crippen LogP contribution in [0.1, 0.15) is 58.4 Å². The number of carbonyl (C=O) groups is 2. The van der Waals surface area contributed by atoms with Gasteiger partial charge in [-0.1, -0.05) is 12.5 Å². The Balaban J connectivity index is 1.47. The molecule has 1 aromatic rings. The van der Waals surface area contributed by atoms with Gasteiger partial charge in [0.05, 0.1) is 19.3 Å². The highest BCUT2D eigenvalue weighted by atomic mass is 16.6. The van der Waals surface area contributed by atoms with Gasteiger partial charge in [0.2, 0.25) is 5.91 Å². The molecule has 2 saturated heterocycles. The van der Waals surface area contributed by atoms with Gasteiger partial charge < -0.3 is 25.0 Å². The predicted molar refractivity (Wildman–Crippen MR) is 121 cm³/mol. The molecule has 3 fully saturated rings. The lowest BCUT2D eigenvalue weighted by molar-refractivity contribution is -0.141. The highest BCUT2D eigenvalue weighted by Crippen LogP contribution is 2.33. The summed E-state index contributed by atoms with van der Waals surface area (Å²) in [5.74, 6) is 1.05. The van der Waals surface area contributed by atoms with Gasteiger partial charge in [-0.3, -0.25) is 4.79 Å². The standard InChI is InChI=1S/C24H36N4O4/c1-23(2,3)32-22(30)28(13-17-6-4-7-17)19-8-5-11-27(14-19)20-10-9-18(12-26-20)24(21(25)29)15-31-16-24/h9-10,12,17,19H,4-8,11,13-16H2,1-3H3,(H2,25,29)/t19-/m1/s1. The number of hydrogen-bond acceptors (Lipinski definition) is 6. The van der Waals surface area contributed by atoms with Gasteiger partial charge >= 0.3 is 6.09 Å². The van der Waals surface area contributed by atoms with Gasteiger partial charge in [-0.15, -0.1) is 0 Å². The molecule has 176 valence electrons. The first-order chi connectivity index (χ1) is 15.2. The number of amides is 2. The number of nitrogens with zero attached hydrogens (tertiary/aromatic N) is 3. The monoisotopic (exact) mass is 444 g/mol. The van der Waals surface area contributed by atoms with Crippen LogP contribution < -0.4 is 10.6 Å². The van der Waals surface area contributed by atoms with Crippen LogP contribution in [0.4, 0.5) is 10.6 Å². The highest BCUT2D eigenvalue weighted by Gasteiger charge is 2.46. The van der Waals surface area contributed by atoms with Crippen molar-refractivity contribution >= 4 is 17.8 Å². The van der Waals surface area contributed by atoms with Crippen LogP contribution >= 0.6 is 0 Å². The van der Waals surface area contributed by atoms with Gasteiger partial charge in [-0.25, -0.2) is 9.78 Å². The van der Waals surface area contributed by atoms with E-state index in [4.69, 9.17) is 15.2 Å². The second kappa shape index (κ2) is 8.89. The Morgan fingerprint density at radius 1 is 1.25 bits per heavy atom. The lowest BCUT2D eigenvalue weighted by Crippen LogP contribution is -2.56. The Hall–Kier alpha value is -2.35. The molecule has 1 saturated carbocycles. The zero-order valence-electron chi connectivity index (χ0n) is 19.5. The van der Waals surface area contributed by atoms with Crippen LogP contribution in [-0.4, -0.2) is 66.4 Å². The number of hydrogen-bond donors (Lipinski definition) is 1. The maximum absolute atomic E-state index is 13.0. The van der Waals surface area contributed by atoms with Crippen LogP contribution in [0, 0.1) is 5.92 Å². The largest absolute Gasteiger partial charge is 0.444 e. The average molecular weight is 445 g/mol. The van der Waals surface area contributed by atoms with Crippen molar-refractivity contribution in [3.8, 4) is 0 Å². The van der Waals surface area contributed by atoms with Gasteiger partial charge in [-0.2, -0.15) is 0 Å². The molecule has 1 aliphatic carbocycles. The van der Waals surface area contributed by atoms with Crippen molar-refractivity contribution < 1.29 is 19.1 Å². The third kappa shape index (κ3) is 4.70. The first-order valence-corrected chi connectivity index (χ1v) is 11.8. The molecule has 32 heavy (non-hydrogen) atoms. The average Bonchev–Trinajstić information content (AvgIpc) is 2.65. The first-order valence-electron chi connectivity index (χ1n) is 11.8. The van der Waals surface area contributed by atoms with E-state index in [1.165, 1.54) is 19.3 Å². The first kappa shape index (κ1) is 22.8. The second-order valence-corrected chi connectivity index (χ2v) is 10.5. The Labute approximate surface area is 190 Å². The van der Waals surface area contributed by atoms with Crippen LogP contribution in [-0.2, 0) is 19.7 Å². The maximum Gasteiger partial charge on any atom is 0.410 e. The number of aromatic nitrogens is 1. The smallest absolute Gasteiger partial charge is 0.410 e. The van der Waals surface area contributed by atoms with E-state index in [0.29, 0.717) is 19.1 Å². The third-order valence-corrected chi connectivity index (χ3v) is 6.94. The van der Waals surface area contributed by atoms with Crippen LogP contribution in [0.15, 0.2) is 18.3 Å². The van der Waals surface area contributed by atoms with Crippen LogP contribution in [0.25, 0.3) is 0 Å². The number of pyridine rings is 1. The fraction of sp³-hybridized carbons (Fsp3) is 0.708. The zero-order chi connectivity index (χ0) is 22.9. The van der Waals surface area contributed by atoms with E-state index in [0.717, 1.165) is 43.9 Å². The fourth-order valence-corrected chi connectivity index (χ4v) is 4.68. The summed E-state index contributed by atoms with van der Waals surface area (Å²) in [6.45, 7) is 8.73. The van der Waals surface area contributed by atoms with Gasteiger partial charge in [0.15, 0.2) is 0 Å². The summed E-state index contributed by atoms with van der Waals surface area (Å²) >= 11 is 0. The third-order valence-electron chi connectivity index (χ3n) is 6.94. The molecule has 4 rings (SSSR count). The van der Waals surface area contributed by atoms with Crippen LogP contribution in [0.5, 0.6) is 0 Å². The van der Waals surface area contributed by atoms with E-state index < -0.39 is 11.0 Å². The minimum Gasteiger partial charge on any atom is -0.444 e. The molecule has 0 unspecified atom stereocenters. The number of carbonyl (C=O) groups excluding carboxylic acids is 2. The molecule has 0 spiro atoms. The van der Waals surface area contributed by atoms with Crippen molar-refractivity contribution in [3.05, 3.63) is 23.9 Å². The number of primary amides is 1. The molecule has 1 atom stereocenters. The van der Waals surface area contributed by atoms with E-state index in [1.54, 1.807) is 6.20 Å². The van der Waals surface area contributed by atoms with E-state index in [1.807, 2.05) is 37.8 Å². The molecule has 0 radical (unpaired) electrons. The summed E-state index contributed by atoms with van der Waals surface area (Å²) in [6, 6.07) is 3.97. The minimum atomic E-state index is -0.758. The van der Waals surface area contributed by atoms with Gasteiger partial charge in [0, 0.05) is 25.8 Å². The molecule has 3 heterocycles. The summed E-state index contributed by atoms with van der Waals surface area (Å²) in [6.07, 6.45) is 7.09. The van der Waals surface area contributed by atoms with Crippen molar-refractivity contribution in [1.29, 1.82) is 0 Å². The molecule has 2 N–H and O–H groups in total. The zero-order valence-corrected chi connectivity index (χ0v) is 19.5. The summed E-state index contributed by atoms with van der Waals surface area (Å²) in [5, 5.41) is 0. The Bertz CT molecular complexity index is 827. The molecular weight excluding hydrogens is 408 g/mol. The van der Waals surface area contributed by atoms with Gasteiger partial charge in [0.1, 0.15) is 16.8 Å². The molecule has 8 heteroatoms. The number of nitrogens with two attached hydrogens (primary N) is 1. The summed E-state index contributed by atoms with van der Waals surface area (Å²) < 4.78 is 11.0.